The number of likely N-dealkylation sites (N-methyl/N-ethyl adjacent to an activating group) is 1. The van der Waals surface area contributed by atoms with E-state index in [1.54, 1.807) is 4.68 Å². The van der Waals surface area contributed by atoms with E-state index in [0.717, 1.165) is 18.9 Å². The summed E-state index contributed by atoms with van der Waals surface area (Å²) in [6.45, 7) is 8.05. The quantitative estimate of drug-likeness (QED) is 0.707. The minimum Gasteiger partial charge on any atom is -0.388 e. The largest absolute Gasteiger partial charge is 0.388 e. The minimum atomic E-state index is -0.768. The zero-order chi connectivity index (χ0) is 11.3. The molecule has 0 amide bonds. The molecule has 1 atom stereocenters. The molecular formula is C10H20N4O. The molecule has 5 heteroatoms. The maximum Gasteiger partial charge on any atom is 0.138 e. The number of hydrogen-bond acceptors (Lipinski definition) is 4. The van der Waals surface area contributed by atoms with E-state index >= 15 is 0 Å². The Morgan fingerprint density at radius 1 is 1.53 bits per heavy atom. The zero-order valence-corrected chi connectivity index (χ0v) is 9.69. The molecule has 0 aliphatic rings. The van der Waals surface area contributed by atoms with E-state index in [1.165, 1.54) is 6.33 Å². The smallest absolute Gasteiger partial charge is 0.138 e. The Bertz CT molecular complexity index is 295. The molecule has 1 unspecified atom stereocenters. The molecule has 0 fully saturated rings. The normalized spacial score (nSPS) is 15.2. The predicted molar refractivity (Wildman–Crippen MR) is 58.6 cm³/mol. The summed E-state index contributed by atoms with van der Waals surface area (Å²) < 4.78 is 1.81. The number of hydrogen-bond donors (Lipinski definition) is 2. The highest BCUT2D eigenvalue weighted by Crippen LogP contribution is 2.09. The van der Waals surface area contributed by atoms with Crippen molar-refractivity contribution in [3.05, 3.63) is 12.2 Å². The Morgan fingerprint density at radius 3 is 2.87 bits per heavy atom. The van der Waals surface area contributed by atoms with Gasteiger partial charge >= 0.3 is 0 Å². The van der Waals surface area contributed by atoms with Gasteiger partial charge in [0.25, 0.3) is 0 Å². The van der Waals surface area contributed by atoms with E-state index in [4.69, 9.17) is 0 Å². The molecule has 0 bridgehead atoms. The van der Waals surface area contributed by atoms with E-state index in [9.17, 15) is 5.11 Å². The maximum atomic E-state index is 10.1. The first kappa shape index (κ1) is 12.1. The van der Waals surface area contributed by atoms with Gasteiger partial charge in [0.15, 0.2) is 0 Å². The average Bonchev–Trinajstić information content (AvgIpc) is 2.61. The molecule has 1 aromatic rings. The van der Waals surface area contributed by atoms with Crippen LogP contribution in [0.3, 0.4) is 0 Å². The van der Waals surface area contributed by atoms with Crippen molar-refractivity contribution < 1.29 is 5.11 Å². The highest BCUT2D eigenvalue weighted by Gasteiger charge is 2.22. The van der Waals surface area contributed by atoms with Crippen molar-refractivity contribution in [1.82, 2.24) is 20.1 Å². The third-order valence-corrected chi connectivity index (χ3v) is 2.29. The van der Waals surface area contributed by atoms with Gasteiger partial charge in [0.2, 0.25) is 0 Å². The first-order valence-electron chi connectivity index (χ1n) is 5.39. The lowest BCUT2D eigenvalue weighted by molar-refractivity contribution is 0.0576. The number of aliphatic hydroxyl groups is 1. The van der Waals surface area contributed by atoms with Crippen LogP contribution < -0.4 is 5.32 Å². The molecule has 0 aromatic carbocycles. The van der Waals surface area contributed by atoms with Crippen molar-refractivity contribution in [3.63, 3.8) is 0 Å². The van der Waals surface area contributed by atoms with Crippen molar-refractivity contribution in [2.24, 2.45) is 0 Å². The lowest BCUT2D eigenvalue weighted by Gasteiger charge is -2.22. The Morgan fingerprint density at radius 2 is 2.27 bits per heavy atom. The van der Waals surface area contributed by atoms with Gasteiger partial charge in [-0.2, -0.15) is 5.10 Å². The number of nitrogens with one attached hydrogen (secondary N) is 1. The fourth-order valence-corrected chi connectivity index (χ4v) is 1.49. The molecule has 0 spiro atoms. The van der Waals surface area contributed by atoms with Crippen LogP contribution in [0, 0.1) is 0 Å². The van der Waals surface area contributed by atoms with Crippen LogP contribution >= 0.6 is 0 Å². The first-order chi connectivity index (χ1) is 7.09. The van der Waals surface area contributed by atoms with E-state index in [0.29, 0.717) is 13.0 Å². The summed E-state index contributed by atoms with van der Waals surface area (Å²) in [5.74, 6) is 0.834. The van der Waals surface area contributed by atoms with Gasteiger partial charge in [0, 0.05) is 19.5 Å². The number of aromatic nitrogens is 3. The molecule has 86 valence electrons. The summed E-state index contributed by atoms with van der Waals surface area (Å²) in [5.41, 5.74) is -0.768. The summed E-state index contributed by atoms with van der Waals surface area (Å²) in [6.07, 6.45) is 2.05. The van der Waals surface area contributed by atoms with Gasteiger partial charge in [-0.3, -0.25) is 4.68 Å². The summed E-state index contributed by atoms with van der Waals surface area (Å²) in [4.78, 5) is 4.14. The Hall–Kier alpha value is -0.940. The second kappa shape index (κ2) is 5.23. The van der Waals surface area contributed by atoms with E-state index < -0.39 is 5.60 Å². The van der Waals surface area contributed by atoms with Crippen molar-refractivity contribution in [1.29, 1.82) is 0 Å². The van der Waals surface area contributed by atoms with Crippen LogP contribution in [0.4, 0.5) is 0 Å². The van der Waals surface area contributed by atoms with Gasteiger partial charge in [-0.1, -0.05) is 6.92 Å². The molecule has 0 saturated heterocycles. The summed E-state index contributed by atoms with van der Waals surface area (Å²) >= 11 is 0. The monoisotopic (exact) mass is 212 g/mol. The Kier molecular flexibility index (Phi) is 4.23. The fraction of sp³-hybridized carbons (Fsp3) is 0.800. The van der Waals surface area contributed by atoms with Crippen LogP contribution in [0.15, 0.2) is 6.33 Å². The maximum absolute atomic E-state index is 10.1. The highest BCUT2D eigenvalue weighted by molar-refractivity contribution is 4.93. The number of rotatable bonds is 6. The Balaban J connectivity index is 2.59. The second-order valence-corrected chi connectivity index (χ2v) is 3.95. The molecule has 0 aliphatic heterocycles. The standard InChI is InChI=1S/C10H20N4O/c1-4-11-7-10(3,15)6-9-12-8-13-14(9)5-2/h8,11,15H,4-7H2,1-3H3. The van der Waals surface area contributed by atoms with Gasteiger partial charge < -0.3 is 10.4 Å². The van der Waals surface area contributed by atoms with Crippen LogP contribution in [0.1, 0.15) is 26.6 Å². The number of aryl methyl sites for hydroxylation is 1. The van der Waals surface area contributed by atoms with Crippen molar-refractivity contribution in [3.8, 4) is 0 Å². The summed E-state index contributed by atoms with van der Waals surface area (Å²) in [5, 5.41) is 17.3. The summed E-state index contributed by atoms with van der Waals surface area (Å²) in [6, 6.07) is 0. The first-order valence-corrected chi connectivity index (χ1v) is 5.39. The molecule has 1 heterocycles. The predicted octanol–water partition coefficient (Wildman–Crippen LogP) is 0.201. The molecule has 1 rings (SSSR count). The topological polar surface area (TPSA) is 63.0 Å². The third kappa shape index (κ3) is 3.60. The molecular weight excluding hydrogens is 192 g/mol. The molecule has 1 aromatic heterocycles. The number of nitrogens with zero attached hydrogens (tertiary/aromatic N) is 3. The van der Waals surface area contributed by atoms with Gasteiger partial charge in [-0.15, -0.1) is 0 Å². The molecule has 15 heavy (non-hydrogen) atoms. The van der Waals surface area contributed by atoms with Crippen molar-refractivity contribution >= 4 is 0 Å². The lowest BCUT2D eigenvalue weighted by atomic mass is 10.0. The molecule has 0 radical (unpaired) electrons. The van der Waals surface area contributed by atoms with Crippen LogP contribution in [0.5, 0.6) is 0 Å². The van der Waals surface area contributed by atoms with Crippen molar-refractivity contribution in [2.75, 3.05) is 13.1 Å². The zero-order valence-electron chi connectivity index (χ0n) is 9.69. The lowest BCUT2D eigenvalue weighted by Crippen LogP contribution is -2.40. The molecule has 2 N–H and O–H groups in total. The van der Waals surface area contributed by atoms with Crippen LogP contribution in [0.2, 0.25) is 0 Å². The van der Waals surface area contributed by atoms with Gasteiger partial charge in [-0.25, -0.2) is 4.98 Å². The second-order valence-electron chi connectivity index (χ2n) is 3.95. The van der Waals surface area contributed by atoms with Gasteiger partial charge in [-0.05, 0) is 20.4 Å². The van der Waals surface area contributed by atoms with E-state index in [2.05, 4.69) is 15.4 Å². The van der Waals surface area contributed by atoms with Gasteiger partial charge in [0.1, 0.15) is 12.2 Å². The van der Waals surface area contributed by atoms with E-state index in [1.807, 2.05) is 20.8 Å². The Labute approximate surface area is 90.5 Å². The molecule has 0 aliphatic carbocycles. The van der Waals surface area contributed by atoms with Crippen molar-refractivity contribution in [2.45, 2.75) is 39.3 Å². The SMILES string of the molecule is CCNCC(C)(O)Cc1ncnn1CC. The molecule has 0 saturated carbocycles. The third-order valence-electron chi connectivity index (χ3n) is 2.29. The van der Waals surface area contributed by atoms with Crippen LogP contribution in [0.25, 0.3) is 0 Å². The van der Waals surface area contributed by atoms with E-state index in [-0.39, 0.29) is 0 Å². The van der Waals surface area contributed by atoms with Crippen LogP contribution in [-0.4, -0.2) is 38.6 Å². The van der Waals surface area contributed by atoms with Crippen LogP contribution in [-0.2, 0) is 13.0 Å². The molecule has 5 nitrogen and oxygen atoms in total. The summed E-state index contributed by atoms with van der Waals surface area (Å²) in [7, 11) is 0. The minimum absolute atomic E-state index is 0.522. The van der Waals surface area contributed by atoms with Gasteiger partial charge in [0.05, 0.1) is 5.60 Å². The average molecular weight is 212 g/mol. The fourth-order valence-electron chi connectivity index (χ4n) is 1.49. The highest BCUT2D eigenvalue weighted by atomic mass is 16.3.